The van der Waals surface area contributed by atoms with Crippen molar-refractivity contribution in [1.29, 1.82) is 0 Å². The molecule has 0 aromatic rings. The van der Waals surface area contributed by atoms with Crippen LogP contribution in [0.3, 0.4) is 0 Å². The Bertz CT molecular complexity index is 110. The zero-order valence-corrected chi connectivity index (χ0v) is 7.01. The molecule has 0 spiro atoms. The largest absolute Gasteiger partial charge is 0.301 e. The molecule has 0 saturated heterocycles. The van der Waals surface area contributed by atoms with E-state index in [9.17, 15) is 0 Å². The first-order chi connectivity index (χ1) is 4.83. The van der Waals surface area contributed by atoms with Crippen LogP contribution in [0.25, 0.3) is 0 Å². The Balaban J connectivity index is 2.26. The summed E-state index contributed by atoms with van der Waals surface area (Å²) in [6.07, 6.45) is 7.64. The molecular formula is C9H17N. The summed E-state index contributed by atoms with van der Waals surface area (Å²) in [6, 6.07) is 0. The van der Waals surface area contributed by atoms with Gasteiger partial charge in [0, 0.05) is 13.3 Å². The van der Waals surface area contributed by atoms with Crippen LogP contribution < -0.4 is 0 Å². The van der Waals surface area contributed by atoms with Crippen LogP contribution >= 0.6 is 0 Å². The normalized spacial score (nSPS) is 35.0. The monoisotopic (exact) mass is 139 g/mol. The fraction of sp³-hybridized carbons (Fsp3) is 0.889. The van der Waals surface area contributed by atoms with Gasteiger partial charge in [0.2, 0.25) is 0 Å². The van der Waals surface area contributed by atoms with Crippen LogP contribution in [0.2, 0.25) is 0 Å². The molecule has 0 heterocycles. The molecule has 58 valence electrons. The van der Waals surface area contributed by atoms with E-state index >= 15 is 0 Å². The maximum atomic E-state index is 4.06. The third kappa shape index (κ3) is 2.13. The summed E-state index contributed by atoms with van der Waals surface area (Å²) < 4.78 is 0. The summed E-state index contributed by atoms with van der Waals surface area (Å²) in [5.74, 6) is 1.75. The molecule has 1 rings (SSSR count). The maximum absolute atomic E-state index is 4.06. The predicted molar refractivity (Wildman–Crippen MR) is 45.5 cm³/mol. The summed E-state index contributed by atoms with van der Waals surface area (Å²) in [5, 5.41) is 0. The lowest BCUT2D eigenvalue weighted by Crippen LogP contribution is -2.12. The molecule has 1 aliphatic carbocycles. The van der Waals surface area contributed by atoms with E-state index in [0.29, 0.717) is 0 Å². The topological polar surface area (TPSA) is 12.4 Å². The molecule has 1 fully saturated rings. The van der Waals surface area contributed by atoms with Crippen LogP contribution in [0.5, 0.6) is 0 Å². The summed E-state index contributed by atoms with van der Waals surface area (Å²) in [4.78, 5) is 4.06. The van der Waals surface area contributed by atoms with Crippen LogP contribution in [-0.4, -0.2) is 13.3 Å². The van der Waals surface area contributed by atoms with Crippen LogP contribution in [0.15, 0.2) is 4.99 Å². The molecule has 1 heteroatoms. The van der Waals surface area contributed by atoms with Crippen LogP contribution in [0.4, 0.5) is 0 Å². The van der Waals surface area contributed by atoms with Crippen molar-refractivity contribution in [3.05, 3.63) is 0 Å². The smallest absolute Gasteiger partial charge is 0.0273 e. The number of rotatable bonds is 1. The maximum Gasteiger partial charge on any atom is 0.0273 e. The Labute approximate surface area is 63.5 Å². The van der Waals surface area contributed by atoms with Gasteiger partial charge in [-0.3, -0.25) is 0 Å². The van der Waals surface area contributed by atoms with E-state index in [1.54, 1.807) is 0 Å². The van der Waals surface area contributed by atoms with Crippen LogP contribution in [0.1, 0.15) is 32.6 Å². The average molecular weight is 139 g/mol. The first-order valence-corrected chi connectivity index (χ1v) is 4.25. The minimum Gasteiger partial charge on any atom is -0.301 e. The SMILES string of the molecule is CN=CC1CCC(C)CC1. The summed E-state index contributed by atoms with van der Waals surface area (Å²) in [7, 11) is 1.87. The van der Waals surface area contributed by atoms with Crippen molar-refractivity contribution < 1.29 is 0 Å². The van der Waals surface area contributed by atoms with Crippen molar-refractivity contribution in [3.8, 4) is 0 Å². The van der Waals surface area contributed by atoms with E-state index in [0.717, 1.165) is 11.8 Å². The summed E-state index contributed by atoms with van der Waals surface area (Å²) >= 11 is 0. The third-order valence-corrected chi connectivity index (χ3v) is 2.42. The lowest BCUT2D eigenvalue weighted by Gasteiger charge is -2.22. The fourth-order valence-electron chi connectivity index (χ4n) is 1.65. The molecule has 1 nitrogen and oxygen atoms in total. The molecule has 0 atom stereocenters. The standard InChI is InChI=1S/C9H17N/c1-8-3-5-9(6-4-8)7-10-2/h7-9H,3-6H2,1-2H3. The van der Waals surface area contributed by atoms with Crippen molar-refractivity contribution in [2.45, 2.75) is 32.6 Å². The first kappa shape index (κ1) is 7.77. The van der Waals surface area contributed by atoms with E-state index in [4.69, 9.17) is 0 Å². The van der Waals surface area contributed by atoms with Crippen molar-refractivity contribution in [2.24, 2.45) is 16.8 Å². The lowest BCUT2D eigenvalue weighted by molar-refractivity contribution is 0.347. The summed E-state index contributed by atoms with van der Waals surface area (Å²) in [5.41, 5.74) is 0. The highest BCUT2D eigenvalue weighted by atomic mass is 14.6. The van der Waals surface area contributed by atoms with E-state index < -0.39 is 0 Å². The highest BCUT2D eigenvalue weighted by Crippen LogP contribution is 2.26. The summed E-state index contributed by atoms with van der Waals surface area (Å²) in [6.45, 7) is 2.35. The molecule has 1 aliphatic rings. The van der Waals surface area contributed by atoms with Gasteiger partial charge in [-0.05, 0) is 24.7 Å². The molecule has 0 aliphatic heterocycles. The Morgan fingerprint density at radius 2 is 1.80 bits per heavy atom. The second-order valence-corrected chi connectivity index (χ2v) is 3.43. The van der Waals surface area contributed by atoms with Crippen LogP contribution in [-0.2, 0) is 0 Å². The minimum absolute atomic E-state index is 0.793. The molecule has 0 aromatic heterocycles. The van der Waals surface area contributed by atoms with Gasteiger partial charge in [-0.15, -0.1) is 0 Å². The quantitative estimate of drug-likeness (QED) is 0.495. The van der Waals surface area contributed by atoms with E-state index in [1.165, 1.54) is 25.7 Å². The molecule has 0 N–H and O–H groups in total. The highest BCUT2D eigenvalue weighted by molar-refractivity contribution is 5.60. The first-order valence-electron chi connectivity index (χ1n) is 4.25. The molecule has 0 bridgehead atoms. The number of hydrogen-bond donors (Lipinski definition) is 0. The van der Waals surface area contributed by atoms with Crippen molar-refractivity contribution in [3.63, 3.8) is 0 Å². The second-order valence-electron chi connectivity index (χ2n) is 3.43. The van der Waals surface area contributed by atoms with Gasteiger partial charge < -0.3 is 4.99 Å². The average Bonchev–Trinajstić information content (AvgIpc) is 1.95. The van der Waals surface area contributed by atoms with Crippen molar-refractivity contribution >= 4 is 6.21 Å². The molecule has 10 heavy (non-hydrogen) atoms. The Morgan fingerprint density at radius 3 is 2.30 bits per heavy atom. The van der Waals surface area contributed by atoms with Gasteiger partial charge in [0.25, 0.3) is 0 Å². The van der Waals surface area contributed by atoms with Gasteiger partial charge in [0.1, 0.15) is 0 Å². The van der Waals surface area contributed by atoms with E-state index in [2.05, 4.69) is 18.1 Å². The van der Waals surface area contributed by atoms with E-state index in [-0.39, 0.29) is 0 Å². The zero-order chi connectivity index (χ0) is 7.40. The lowest BCUT2D eigenvalue weighted by atomic mass is 9.84. The number of aliphatic imine (C=N–C) groups is 1. The number of hydrogen-bond acceptors (Lipinski definition) is 1. The Morgan fingerprint density at radius 1 is 1.20 bits per heavy atom. The highest BCUT2D eigenvalue weighted by Gasteiger charge is 2.15. The Hall–Kier alpha value is -0.330. The molecule has 0 unspecified atom stereocenters. The van der Waals surface area contributed by atoms with Gasteiger partial charge >= 0.3 is 0 Å². The van der Waals surface area contributed by atoms with Gasteiger partial charge in [0.05, 0.1) is 0 Å². The molecule has 0 radical (unpaired) electrons. The fourth-order valence-corrected chi connectivity index (χ4v) is 1.65. The molecular weight excluding hydrogens is 122 g/mol. The van der Waals surface area contributed by atoms with Crippen molar-refractivity contribution in [1.82, 2.24) is 0 Å². The zero-order valence-electron chi connectivity index (χ0n) is 7.01. The predicted octanol–water partition coefficient (Wildman–Crippen LogP) is 2.51. The van der Waals surface area contributed by atoms with Crippen LogP contribution in [0, 0.1) is 11.8 Å². The number of nitrogens with zero attached hydrogens (tertiary/aromatic N) is 1. The molecule has 0 amide bonds. The third-order valence-electron chi connectivity index (χ3n) is 2.42. The van der Waals surface area contributed by atoms with Crippen molar-refractivity contribution in [2.75, 3.05) is 7.05 Å². The minimum atomic E-state index is 0.793. The van der Waals surface area contributed by atoms with Gasteiger partial charge in [-0.25, -0.2) is 0 Å². The van der Waals surface area contributed by atoms with E-state index in [1.807, 2.05) is 7.05 Å². The van der Waals surface area contributed by atoms with Gasteiger partial charge in [0.15, 0.2) is 0 Å². The Kier molecular flexibility index (Phi) is 2.91. The molecule has 1 saturated carbocycles. The second kappa shape index (κ2) is 3.75. The molecule has 0 aromatic carbocycles. The van der Waals surface area contributed by atoms with Gasteiger partial charge in [-0.2, -0.15) is 0 Å². The van der Waals surface area contributed by atoms with Gasteiger partial charge in [-0.1, -0.05) is 19.8 Å².